The number of anilines is 1. The highest BCUT2D eigenvalue weighted by Crippen LogP contribution is 2.25. The Kier molecular flexibility index (Phi) is 5.40. The monoisotopic (exact) mass is 321 g/mol. The fraction of sp³-hybridized carbons (Fsp3) is 0.200. The molecule has 0 bridgehead atoms. The zero-order valence-electron chi connectivity index (χ0n) is 11.1. The van der Waals surface area contributed by atoms with Crippen molar-refractivity contribution in [2.45, 2.75) is 6.54 Å². The van der Waals surface area contributed by atoms with E-state index in [0.29, 0.717) is 34.5 Å². The molecule has 0 aliphatic carbocycles. The van der Waals surface area contributed by atoms with Crippen molar-refractivity contribution in [1.29, 1.82) is 5.26 Å². The van der Waals surface area contributed by atoms with Crippen LogP contribution in [0, 0.1) is 11.3 Å². The quantitative estimate of drug-likeness (QED) is 0.918. The SMILES string of the molecule is N#Cc1cnc(N(CCO)Cc2cccc(Cl)c2)c(Cl)c1. The lowest BCUT2D eigenvalue weighted by molar-refractivity contribution is 0.301. The van der Waals surface area contributed by atoms with E-state index in [1.54, 1.807) is 12.1 Å². The van der Waals surface area contributed by atoms with Crippen molar-refractivity contribution in [2.24, 2.45) is 0 Å². The van der Waals surface area contributed by atoms with Gasteiger partial charge in [0.1, 0.15) is 11.9 Å². The Bertz CT molecular complexity index is 670. The summed E-state index contributed by atoms with van der Waals surface area (Å²) in [5.41, 5.74) is 1.38. The molecule has 0 spiro atoms. The first-order valence-electron chi connectivity index (χ1n) is 6.30. The summed E-state index contributed by atoms with van der Waals surface area (Å²) < 4.78 is 0. The number of rotatable bonds is 5. The number of hydrogen-bond donors (Lipinski definition) is 1. The van der Waals surface area contributed by atoms with E-state index in [1.807, 2.05) is 29.2 Å². The van der Waals surface area contributed by atoms with Gasteiger partial charge in [-0.1, -0.05) is 35.3 Å². The summed E-state index contributed by atoms with van der Waals surface area (Å²) in [6.07, 6.45) is 1.46. The maximum Gasteiger partial charge on any atom is 0.147 e. The van der Waals surface area contributed by atoms with Gasteiger partial charge in [-0.25, -0.2) is 4.98 Å². The van der Waals surface area contributed by atoms with Crippen LogP contribution in [-0.2, 0) is 6.54 Å². The van der Waals surface area contributed by atoms with Crippen molar-refractivity contribution in [2.75, 3.05) is 18.1 Å². The molecule has 0 saturated heterocycles. The summed E-state index contributed by atoms with van der Waals surface area (Å²) in [6.45, 7) is 0.865. The van der Waals surface area contributed by atoms with Crippen LogP contribution in [0.4, 0.5) is 5.82 Å². The van der Waals surface area contributed by atoms with Crippen molar-refractivity contribution < 1.29 is 5.11 Å². The first-order valence-corrected chi connectivity index (χ1v) is 7.05. The number of hydrogen-bond acceptors (Lipinski definition) is 4. The van der Waals surface area contributed by atoms with Gasteiger partial charge < -0.3 is 10.0 Å². The van der Waals surface area contributed by atoms with Crippen molar-refractivity contribution >= 4 is 29.0 Å². The lowest BCUT2D eigenvalue weighted by Gasteiger charge is -2.24. The smallest absolute Gasteiger partial charge is 0.147 e. The van der Waals surface area contributed by atoms with Crippen molar-refractivity contribution in [3.05, 3.63) is 57.7 Å². The van der Waals surface area contributed by atoms with Gasteiger partial charge in [0.15, 0.2) is 0 Å². The van der Waals surface area contributed by atoms with Gasteiger partial charge >= 0.3 is 0 Å². The van der Waals surface area contributed by atoms with E-state index in [0.717, 1.165) is 5.56 Å². The second kappa shape index (κ2) is 7.28. The molecule has 2 aromatic rings. The van der Waals surface area contributed by atoms with Gasteiger partial charge in [0.25, 0.3) is 0 Å². The molecule has 0 aliphatic heterocycles. The Balaban J connectivity index is 2.29. The molecule has 2 rings (SSSR count). The number of aliphatic hydroxyl groups is 1. The summed E-state index contributed by atoms with van der Waals surface area (Å²) in [5.74, 6) is 0.532. The molecule has 1 heterocycles. The van der Waals surface area contributed by atoms with Crippen LogP contribution in [0.3, 0.4) is 0 Å². The van der Waals surface area contributed by atoms with Crippen LogP contribution in [0.5, 0.6) is 0 Å². The number of aromatic nitrogens is 1. The molecule has 0 fully saturated rings. The highest BCUT2D eigenvalue weighted by atomic mass is 35.5. The molecule has 0 radical (unpaired) electrons. The highest BCUT2D eigenvalue weighted by Gasteiger charge is 2.13. The molecule has 1 aromatic carbocycles. The predicted octanol–water partition coefficient (Wildman–Crippen LogP) is 3.26. The summed E-state index contributed by atoms with van der Waals surface area (Å²) in [4.78, 5) is 6.06. The largest absolute Gasteiger partial charge is 0.395 e. The number of benzene rings is 1. The second-order valence-electron chi connectivity index (χ2n) is 4.42. The van der Waals surface area contributed by atoms with Crippen LogP contribution in [0.2, 0.25) is 10.0 Å². The Morgan fingerprint density at radius 2 is 2.10 bits per heavy atom. The van der Waals surface area contributed by atoms with E-state index in [-0.39, 0.29) is 6.61 Å². The van der Waals surface area contributed by atoms with Crippen LogP contribution in [0.15, 0.2) is 36.5 Å². The fourth-order valence-electron chi connectivity index (χ4n) is 1.96. The van der Waals surface area contributed by atoms with Crippen molar-refractivity contribution in [3.63, 3.8) is 0 Å². The van der Waals surface area contributed by atoms with Crippen LogP contribution < -0.4 is 4.90 Å². The summed E-state index contributed by atoms with van der Waals surface area (Å²) >= 11 is 12.1. The fourth-order valence-corrected chi connectivity index (χ4v) is 2.46. The number of pyridine rings is 1. The van der Waals surface area contributed by atoms with E-state index in [2.05, 4.69) is 4.98 Å². The van der Waals surface area contributed by atoms with Gasteiger partial charge in [-0.2, -0.15) is 5.26 Å². The van der Waals surface area contributed by atoms with Crippen LogP contribution in [0.1, 0.15) is 11.1 Å². The molecule has 1 N–H and O–H groups in total. The molecular weight excluding hydrogens is 309 g/mol. The topological polar surface area (TPSA) is 60.2 Å². The standard InChI is InChI=1S/C15H13Cl2N3O/c16-13-3-1-2-11(6-13)10-20(4-5-21)15-14(17)7-12(8-18)9-19-15/h1-3,6-7,9,21H,4-5,10H2. The second-order valence-corrected chi connectivity index (χ2v) is 5.26. The predicted molar refractivity (Wildman–Crippen MR) is 83.5 cm³/mol. The normalized spacial score (nSPS) is 10.2. The van der Waals surface area contributed by atoms with E-state index in [1.165, 1.54) is 6.20 Å². The van der Waals surface area contributed by atoms with Crippen LogP contribution in [0.25, 0.3) is 0 Å². The van der Waals surface area contributed by atoms with E-state index < -0.39 is 0 Å². The number of nitrogens with zero attached hydrogens (tertiary/aromatic N) is 3. The van der Waals surface area contributed by atoms with Crippen LogP contribution >= 0.6 is 23.2 Å². The average molecular weight is 322 g/mol. The first kappa shape index (κ1) is 15.6. The molecular formula is C15H13Cl2N3O. The summed E-state index contributed by atoms with van der Waals surface area (Å²) in [5, 5.41) is 19.1. The molecule has 1 aromatic heterocycles. The third-order valence-corrected chi connectivity index (χ3v) is 3.40. The Morgan fingerprint density at radius 1 is 1.29 bits per heavy atom. The molecule has 4 nitrogen and oxygen atoms in total. The van der Waals surface area contributed by atoms with Gasteiger partial charge in [-0.3, -0.25) is 0 Å². The molecule has 0 amide bonds. The number of halogens is 2. The van der Waals surface area contributed by atoms with E-state index in [4.69, 9.17) is 28.5 Å². The lowest BCUT2D eigenvalue weighted by atomic mass is 10.2. The van der Waals surface area contributed by atoms with Gasteiger partial charge in [0.05, 0.1) is 17.2 Å². The number of aliphatic hydroxyl groups excluding tert-OH is 1. The zero-order chi connectivity index (χ0) is 15.2. The van der Waals surface area contributed by atoms with Gasteiger partial charge in [-0.15, -0.1) is 0 Å². The molecule has 6 heteroatoms. The molecule has 0 unspecified atom stereocenters. The Labute approximate surface area is 133 Å². The lowest BCUT2D eigenvalue weighted by Crippen LogP contribution is -2.27. The minimum Gasteiger partial charge on any atom is -0.395 e. The molecule has 108 valence electrons. The van der Waals surface area contributed by atoms with Crippen molar-refractivity contribution in [3.8, 4) is 6.07 Å². The third kappa shape index (κ3) is 4.08. The van der Waals surface area contributed by atoms with Crippen molar-refractivity contribution in [1.82, 2.24) is 4.98 Å². The third-order valence-electron chi connectivity index (χ3n) is 2.88. The average Bonchev–Trinajstić information content (AvgIpc) is 2.47. The zero-order valence-corrected chi connectivity index (χ0v) is 12.6. The van der Waals surface area contributed by atoms with E-state index >= 15 is 0 Å². The maximum absolute atomic E-state index is 9.23. The first-order chi connectivity index (χ1) is 10.1. The Morgan fingerprint density at radius 3 is 2.71 bits per heavy atom. The maximum atomic E-state index is 9.23. The Hall–Kier alpha value is -1.80. The highest BCUT2D eigenvalue weighted by molar-refractivity contribution is 6.33. The summed E-state index contributed by atoms with van der Waals surface area (Å²) in [6, 6.07) is 11.0. The van der Waals surface area contributed by atoms with Gasteiger partial charge in [0, 0.05) is 24.3 Å². The molecule has 21 heavy (non-hydrogen) atoms. The van der Waals surface area contributed by atoms with Gasteiger partial charge in [0.2, 0.25) is 0 Å². The minimum atomic E-state index is -0.0292. The van der Waals surface area contributed by atoms with Gasteiger partial charge in [-0.05, 0) is 23.8 Å². The van der Waals surface area contributed by atoms with E-state index in [9.17, 15) is 5.11 Å². The summed E-state index contributed by atoms with van der Waals surface area (Å²) in [7, 11) is 0. The molecule has 0 saturated carbocycles. The molecule has 0 aliphatic rings. The number of nitriles is 1. The minimum absolute atomic E-state index is 0.0292. The van der Waals surface area contributed by atoms with Crippen LogP contribution in [-0.4, -0.2) is 23.2 Å². The molecule has 0 atom stereocenters.